The minimum absolute atomic E-state index is 0.609. The summed E-state index contributed by atoms with van der Waals surface area (Å²) in [5.41, 5.74) is 3.59. The third-order valence-corrected chi connectivity index (χ3v) is 3.16. The Balaban J connectivity index is 1.85. The third-order valence-electron chi connectivity index (χ3n) is 3.16. The van der Waals surface area contributed by atoms with Crippen molar-refractivity contribution < 1.29 is 0 Å². The average Bonchev–Trinajstić information content (AvgIpc) is 2.88. The van der Waals surface area contributed by atoms with Gasteiger partial charge in [-0.2, -0.15) is 5.26 Å². The van der Waals surface area contributed by atoms with Crippen molar-refractivity contribution in [2.75, 3.05) is 5.32 Å². The smallest absolute Gasteiger partial charge is 0.154 e. The first-order valence-electron chi connectivity index (χ1n) is 6.27. The number of hydrogen-bond acceptors (Lipinski definition) is 4. The van der Waals surface area contributed by atoms with E-state index in [4.69, 9.17) is 5.26 Å². The largest absolute Gasteiger partial charge is 0.364 e. The van der Waals surface area contributed by atoms with Crippen molar-refractivity contribution in [2.45, 2.75) is 6.54 Å². The minimum atomic E-state index is 0.609. The van der Waals surface area contributed by atoms with Gasteiger partial charge in [-0.15, -0.1) is 0 Å². The molecule has 0 atom stereocenters. The zero-order valence-electron chi connectivity index (χ0n) is 11.0. The van der Waals surface area contributed by atoms with Crippen LogP contribution in [0.15, 0.2) is 42.9 Å². The number of fused-ring (bicyclic) bond motifs is 1. The first-order chi connectivity index (χ1) is 9.78. The highest BCUT2D eigenvalue weighted by molar-refractivity contribution is 5.85. The van der Waals surface area contributed by atoms with E-state index in [1.165, 1.54) is 0 Å². The van der Waals surface area contributed by atoms with E-state index in [1.807, 2.05) is 35.9 Å². The molecular weight excluding hydrogens is 250 g/mol. The summed E-state index contributed by atoms with van der Waals surface area (Å²) in [5.74, 6) is 0.755. The molecular formula is C15H13N5. The number of anilines is 1. The van der Waals surface area contributed by atoms with Crippen molar-refractivity contribution in [3.05, 3.63) is 54.0 Å². The first-order valence-corrected chi connectivity index (χ1v) is 6.27. The molecule has 0 radical (unpaired) electrons. The highest BCUT2D eigenvalue weighted by Crippen LogP contribution is 2.19. The van der Waals surface area contributed by atoms with Gasteiger partial charge in [0, 0.05) is 19.8 Å². The molecule has 0 amide bonds. The Hall–Kier alpha value is -2.87. The van der Waals surface area contributed by atoms with Crippen molar-refractivity contribution >= 4 is 16.9 Å². The Morgan fingerprint density at radius 2 is 2.20 bits per heavy atom. The SMILES string of the molecule is Cn1cnc2c(NCc3cccc(C#N)c3)nccc21. The molecule has 3 aromatic rings. The Bertz CT molecular complexity index is 797. The van der Waals surface area contributed by atoms with Crippen LogP contribution in [-0.2, 0) is 13.6 Å². The molecule has 0 saturated carbocycles. The van der Waals surface area contributed by atoms with Crippen LogP contribution >= 0.6 is 0 Å². The van der Waals surface area contributed by atoms with Gasteiger partial charge in [-0.05, 0) is 23.8 Å². The van der Waals surface area contributed by atoms with Gasteiger partial charge in [0.25, 0.3) is 0 Å². The fraction of sp³-hybridized carbons (Fsp3) is 0.133. The lowest BCUT2D eigenvalue weighted by Crippen LogP contribution is -2.02. The number of aromatic nitrogens is 3. The molecule has 1 N–H and O–H groups in total. The Kier molecular flexibility index (Phi) is 3.05. The number of imidazole rings is 1. The maximum atomic E-state index is 8.90. The molecule has 0 aliphatic carbocycles. The summed E-state index contributed by atoms with van der Waals surface area (Å²) >= 11 is 0. The van der Waals surface area contributed by atoms with E-state index in [0.29, 0.717) is 12.1 Å². The second-order valence-electron chi connectivity index (χ2n) is 4.55. The standard InChI is InChI=1S/C15H13N5/c1-20-10-19-14-13(20)5-6-17-15(14)18-9-12-4-2-3-11(7-12)8-16/h2-7,10H,9H2,1H3,(H,17,18). The number of pyridine rings is 1. The number of nitrogens with one attached hydrogen (secondary N) is 1. The van der Waals surface area contributed by atoms with Gasteiger partial charge < -0.3 is 9.88 Å². The fourth-order valence-electron chi connectivity index (χ4n) is 2.13. The van der Waals surface area contributed by atoms with E-state index in [9.17, 15) is 0 Å². The normalized spacial score (nSPS) is 10.4. The average molecular weight is 263 g/mol. The monoisotopic (exact) mass is 263 g/mol. The summed E-state index contributed by atoms with van der Waals surface area (Å²) < 4.78 is 1.96. The van der Waals surface area contributed by atoms with Gasteiger partial charge in [0.1, 0.15) is 5.52 Å². The molecule has 3 rings (SSSR count). The summed E-state index contributed by atoms with van der Waals surface area (Å²) in [4.78, 5) is 8.68. The predicted octanol–water partition coefficient (Wildman–Crippen LogP) is 2.45. The molecule has 0 saturated heterocycles. The van der Waals surface area contributed by atoms with Gasteiger partial charge in [0.15, 0.2) is 5.82 Å². The maximum Gasteiger partial charge on any atom is 0.154 e. The van der Waals surface area contributed by atoms with Gasteiger partial charge >= 0.3 is 0 Å². The quantitative estimate of drug-likeness (QED) is 0.788. The van der Waals surface area contributed by atoms with Gasteiger partial charge in [-0.1, -0.05) is 12.1 Å². The Morgan fingerprint density at radius 1 is 1.30 bits per heavy atom. The van der Waals surface area contributed by atoms with Crippen LogP contribution in [0.2, 0.25) is 0 Å². The van der Waals surface area contributed by atoms with Crippen LogP contribution in [0.4, 0.5) is 5.82 Å². The van der Waals surface area contributed by atoms with Crippen LogP contribution in [0.1, 0.15) is 11.1 Å². The molecule has 2 aromatic heterocycles. The topological polar surface area (TPSA) is 66.5 Å². The number of aryl methyl sites for hydroxylation is 1. The van der Waals surface area contributed by atoms with Gasteiger partial charge in [-0.3, -0.25) is 0 Å². The van der Waals surface area contributed by atoms with E-state index in [-0.39, 0.29) is 0 Å². The van der Waals surface area contributed by atoms with Crippen molar-refractivity contribution in [2.24, 2.45) is 7.05 Å². The van der Waals surface area contributed by atoms with E-state index >= 15 is 0 Å². The highest BCUT2D eigenvalue weighted by atomic mass is 15.1. The highest BCUT2D eigenvalue weighted by Gasteiger charge is 2.06. The number of nitriles is 1. The minimum Gasteiger partial charge on any atom is -0.364 e. The third kappa shape index (κ3) is 2.19. The first kappa shape index (κ1) is 12.2. The lowest BCUT2D eigenvalue weighted by Gasteiger charge is -2.06. The summed E-state index contributed by atoms with van der Waals surface area (Å²) in [6.07, 6.45) is 3.53. The number of nitrogens with zero attached hydrogens (tertiary/aromatic N) is 4. The van der Waals surface area contributed by atoms with E-state index in [2.05, 4.69) is 21.4 Å². The molecule has 0 bridgehead atoms. The van der Waals surface area contributed by atoms with Crippen LogP contribution in [0, 0.1) is 11.3 Å². The predicted molar refractivity (Wildman–Crippen MR) is 77.0 cm³/mol. The van der Waals surface area contributed by atoms with E-state index in [0.717, 1.165) is 22.4 Å². The summed E-state index contributed by atoms with van der Waals surface area (Å²) in [5, 5.41) is 12.2. The van der Waals surface area contributed by atoms with Crippen molar-refractivity contribution in [3.63, 3.8) is 0 Å². The molecule has 0 fully saturated rings. The lowest BCUT2D eigenvalue weighted by atomic mass is 10.1. The molecule has 2 heterocycles. The van der Waals surface area contributed by atoms with Crippen LogP contribution in [0.5, 0.6) is 0 Å². The lowest BCUT2D eigenvalue weighted by molar-refractivity contribution is 0.947. The van der Waals surface area contributed by atoms with Crippen molar-refractivity contribution in [3.8, 4) is 6.07 Å². The van der Waals surface area contributed by atoms with Gasteiger partial charge in [0.05, 0.1) is 23.5 Å². The molecule has 5 heteroatoms. The molecule has 0 aliphatic rings. The zero-order valence-corrected chi connectivity index (χ0v) is 11.0. The molecule has 1 aromatic carbocycles. The number of rotatable bonds is 3. The molecule has 0 unspecified atom stereocenters. The molecule has 0 spiro atoms. The van der Waals surface area contributed by atoms with E-state index in [1.54, 1.807) is 18.6 Å². The molecule has 5 nitrogen and oxygen atoms in total. The van der Waals surface area contributed by atoms with Gasteiger partial charge in [0.2, 0.25) is 0 Å². The number of benzene rings is 1. The maximum absolute atomic E-state index is 8.90. The van der Waals surface area contributed by atoms with Crippen LogP contribution in [0.3, 0.4) is 0 Å². The Morgan fingerprint density at radius 3 is 3.05 bits per heavy atom. The molecule has 20 heavy (non-hydrogen) atoms. The fourth-order valence-corrected chi connectivity index (χ4v) is 2.13. The summed E-state index contributed by atoms with van der Waals surface area (Å²) in [7, 11) is 1.95. The summed E-state index contributed by atoms with van der Waals surface area (Å²) in [6, 6.07) is 11.6. The zero-order chi connectivity index (χ0) is 13.9. The second-order valence-corrected chi connectivity index (χ2v) is 4.55. The van der Waals surface area contributed by atoms with Crippen LogP contribution < -0.4 is 5.32 Å². The van der Waals surface area contributed by atoms with Crippen LogP contribution in [0.25, 0.3) is 11.0 Å². The second kappa shape index (κ2) is 5.02. The van der Waals surface area contributed by atoms with Crippen molar-refractivity contribution in [1.29, 1.82) is 5.26 Å². The van der Waals surface area contributed by atoms with Gasteiger partial charge in [-0.25, -0.2) is 9.97 Å². The molecule has 0 aliphatic heterocycles. The number of hydrogen-bond donors (Lipinski definition) is 1. The molecule has 98 valence electrons. The van der Waals surface area contributed by atoms with Crippen molar-refractivity contribution in [1.82, 2.24) is 14.5 Å². The van der Waals surface area contributed by atoms with E-state index < -0.39 is 0 Å². The Labute approximate surface area is 116 Å². The summed E-state index contributed by atoms with van der Waals surface area (Å²) in [6.45, 7) is 0.609. The van der Waals surface area contributed by atoms with Crippen LogP contribution in [-0.4, -0.2) is 14.5 Å².